The first kappa shape index (κ1) is 16.4. The highest BCUT2D eigenvalue weighted by molar-refractivity contribution is 5.75. The van der Waals surface area contributed by atoms with E-state index in [1.165, 1.54) is 25.3 Å². The van der Waals surface area contributed by atoms with Crippen LogP contribution in [0, 0.1) is 5.82 Å². The molecule has 2 N–H and O–H groups in total. The lowest BCUT2D eigenvalue weighted by atomic mass is 10.0. The molecule has 7 heteroatoms. The molecule has 24 heavy (non-hydrogen) atoms. The molecule has 1 saturated carbocycles. The summed E-state index contributed by atoms with van der Waals surface area (Å²) in [6, 6.07) is 4.95. The van der Waals surface area contributed by atoms with Crippen LogP contribution in [0.1, 0.15) is 41.8 Å². The van der Waals surface area contributed by atoms with Gasteiger partial charge >= 0.3 is 5.97 Å². The minimum Gasteiger partial charge on any atom is -0.497 e. The largest absolute Gasteiger partial charge is 0.497 e. The van der Waals surface area contributed by atoms with Crippen LogP contribution >= 0.6 is 0 Å². The number of aliphatic carboxylic acids is 1. The number of hydrogen-bond acceptors (Lipinski definition) is 4. The zero-order valence-electron chi connectivity index (χ0n) is 13.6. The number of rotatable bonds is 7. The number of carboxylic acid groups (broad SMARTS) is 1. The molecule has 1 aliphatic rings. The summed E-state index contributed by atoms with van der Waals surface area (Å²) in [5, 5.41) is 16.8. The van der Waals surface area contributed by atoms with Crippen molar-refractivity contribution < 1.29 is 19.0 Å². The molecule has 0 radical (unpaired) electrons. The van der Waals surface area contributed by atoms with Crippen LogP contribution in [-0.4, -0.2) is 40.3 Å². The molecule has 2 aromatic rings. The van der Waals surface area contributed by atoms with E-state index in [9.17, 15) is 14.3 Å². The third-order valence-corrected chi connectivity index (χ3v) is 4.24. The average Bonchev–Trinajstić information content (AvgIpc) is 3.29. The Balaban J connectivity index is 1.82. The number of aromatic nitrogens is 2. The second-order valence-electron chi connectivity index (χ2n) is 6.14. The van der Waals surface area contributed by atoms with Crippen LogP contribution < -0.4 is 4.74 Å². The van der Waals surface area contributed by atoms with Crippen LogP contribution in [0.15, 0.2) is 24.3 Å². The van der Waals surface area contributed by atoms with E-state index in [1.807, 2.05) is 6.07 Å². The lowest BCUT2D eigenvalue weighted by Crippen LogP contribution is -2.31. The molecule has 0 spiro atoms. The fourth-order valence-corrected chi connectivity index (χ4v) is 2.83. The second-order valence-corrected chi connectivity index (χ2v) is 6.14. The Morgan fingerprint density at radius 1 is 1.50 bits per heavy atom. The molecule has 1 atom stereocenters. The predicted molar refractivity (Wildman–Crippen MR) is 85.4 cm³/mol. The quantitative estimate of drug-likeness (QED) is 0.814. The number of ether oxygens (including phenoxy) is 1. The molecule has 1 aromatic carbocycles. The van der Waals surface area contributed by atoms with Gasteiger partial charge < -0.3 is 9.84 Å². The van der Waals surface area contributed by atoms with E-state index in [4.69, 9.17) is 4.74 Å². The van der Waals surface area contributed by atoms with Gasteiger partial charge in [0.05, 0.1) is 12.8 Å². The van der Waals surface area contributed by atoms with E-state index in [0.29, 0.717) is 18.2 Å². The van der Waals surface area contributed by atoms with E-state index in [1.54, 1.807) is 11.9 Å². The molecule has 1 fully saturated rings. The van der Waals surface area contributed by atoms with Crippen molar-refractivity contribution in [3.8, 4) is 5.75 Å². The number of aromatic amines is 1. The topological polar surface area (TPSA) is 78.5 Å². The summed E-state index contributed by atoms with van der Waals surface area (Å²) in [5.41, 5.74) is 1.90. The van der Waals surface area contributed by atoms with E-state index in [0.717, 1.165) is 24.2 Å². The van der Waals surface area contributed by atoms with Crippen molar-refractivity contribution in [3.05, 3.63) is 47.0 Å². The summed E-state index contributed by atoms with van der Waals surface area (Å²) in [6.07, 6.45) is 2.29. The maximum absolute atomic E-state index is 14.2. The molecule has 128 valence electrons. The summed E-state index contributed by atoms with van der Waals surface area (Å²) in [5.74, 6) is -0.750. The molecule has 0 amide bonds. The van der Waals surface area contributed by atoms with Gasteiger partial charge in [-0.2, -0.15) is 5.10 Å². The molecule has 3 rings (SSSR count). The Bertz CT molecular complexity index is 742. The summed E-state index contributed by atoms with van der Waals surface area (Å²) >= 11 is 0. The first-order valence-electron chi connectivity index (χ1n) is 7.80. The Labute approximate surface area is 139 Å². The molecule has 6 nitrogen and oxygen atoms in total. The number of hydrogen-bond donors (Lipinski definition) is 2. The van der Waals surface area contributed by atoms with E-state index in [2.05, 4.69) is 10.2 Å². The number of nitrogens with zero attached hydrogens (tertiary/aromatic N) is 2. The zero-order valence-corrected chi connectivity index (χ0v) is 13.6. The highest BCUT2D eigenvalue weighted by Gasteiger charge is 2.30. The number of likely N-dealkylation sites (N-methyl/N-ethyl adjacent to an activating group) is 1. The van der Waals surface area contributed by atoms with Crippen LogP contribution in [0.5, 0.6) is 5.75 Å². The molecular weight excluding hydrogens is 313 g/mol. The van der Waals surface area contributed by atoms with Gasteiger partial charge in [-0.1, -0.05) is 0 Å². The van der Waals surface area contributed by atoms with Crippen molar-refractivity contribution in [2.24, 2.45) is 0 Å². The number of H-pyrrole nitrogens is 1. The summed E-state index contributed by atoms with van der Waals surface area (Å²) in [6.45, 7) is 0.327. The molecule has 0 saturated heterocycles. The molecule has 0 aliphatic heterocycles. The predicted octanol–water partition coefficient (Wildman–Crippen LogP) is 2.69. The fourth-order valence-electron chi connectivity index (χ4n) is 2.83. The summed E-state index contributed by atoms with van der Waals surface area (Å²) < 4.78 is 19.2. The molecular formula is C17H20FN3O3. The van der Waals surface area contributed by atoms with E-state index >= 15 is 0 Å². The monoisotopic (exact) mass is 333 g/mol. The fraction of sp³-hybridized carbons (Fsp3) is 0.412. The first-order valence-corrected chi connectivity index (χ1v) is 7.80. The second kappa shape index (κ2) is 6.60. The Kier molecular flexibility index (Phi) is 4.53. The minimum absolute atomic E-state index is 0.0753. The highest BCUT2D eigenvalue weighted by atomic mass is 19.1. The van der Waals surface area contributed by atoms with Gasteiger partial charge in [-0.25, -0.2) is 4.39 Å². The van der Waals surface area contributed by atoms with Gasteiger partial charge in [0.1, 0.15) is 17.6 Å². The number of methoxy groups -OCH3 is 1. The van der Waals surface area contributed by atoms with Crippen LogP contribution in [0.4, 0.5) is 4.39 Å². The maximum Gasteiger partial charge on any atom is 0.325 e. The first-order chi connectivity index (χ1) is 11.5. The average molecular weight is 333 g/mol. The number of halogens is 1. The van der Waals surface area contributed by atoms with E-state index in [-0.39, 0.29) is 5.56 Å². The number of benzene rings is 1. The van der Waals surface area contributed by atoms with Gasteiger partial charge in [0.2, 0.25) is 0 Å². The number of nitrogens with one attached hydrogen (secondary N) is 1. The van der Waals surface area contributed by atoms with Gasteiger partial charge in [0.25, 0.3) is 0 Å². The minimum atomic E-state index is -1.12. The van der Waals surface area contributed by atoms with Crippen molar-refractivity contribution in [2.75, 3.05) is 14.2 Å². The van der Waals surface area contributed by atoms with Gasteiger partial charge in [-0.3, -0.25) is 14.8 Å². The van der Waals surface area contributed by atoms with Gasteiger partial charge in [0, 0.05) is 23.7 Å². The Morgan fingerprint density at radius 2 is 2.25 bits per heavy atom. The summed E-state index contributed by atoms with van der Waals surface area (Å²) in [7, 11) is 3.11. The number of carbonyl (C=O) groups is 1. The van der Waals surface area contributed by atoms with Gasteiger partial charge in [-0.15, -0.1) is 0 Å². The van der Waals surface area contributed by atoms with Crippen molar-refractivity contribution in [3.63, 3.8) is 0 Å². The SMILES string of the molecule is COc1ccc(F)c(C(C(=O)O)N(C)Cc2cc(C3CC3)n[nH]2)c1. The molecule has 0 bridgehead atoms. The molecule has 1 unspecified atom stereocenters. The van der Waals surface area contributed by atoms with E-state index < -0.39 is 17.8 Å². The molecule has 1 heterocycles. The zero-order chi connectivity index (χ0) is 17.3. The standard InChI is InChI=1S/C17H20FN3O3/c1-21(9-11-7-15(20-19-11)10-3-4-10)16(17(22)23)13-8-12(24-2)5-6-14(13)18/h5-8,10,16H,3-4,9H2,1-2H3,(H,19,20)(H,22,23). The van der Waals surface area contributed by atoms with Crippen LogP contribution in [-0.2, 0) is 11.3 Å². The third kappa shape index (κ3) is 3.41. The van der Waals surface area contributed by atoms with Crippen molar-refractivity contribution in [1.29, 1.82) is 0 Å². The lowest BCUT2D eigenvalue weighted by molar-refractivity contribution is -0.143. The van der Waals surface area contributed by atoms with Crippen LogP contribution in [0.2, 0.25) is 0 Å². The van der Waals surface area contributed by atoms with Gasteiger partial charge in [-0.05, 0) is 44.2 Å². The normalized spacial score (nSPS) is 15.5. The van der Waals surface area contributed by atoms with Crippen LogP contribution in [0.25, 0.3) is 0 Å². The Hall–Kier alpha value is -2.41. The number of carboxylic acids is 1. The highest BCUT2D eigenvalue weighted by Crippen LogP contribution is 2.39. The summed E-state index contributed by atoms with van der Waals surface area (Å²) in [4.78, 5) is 13.3. The van der Waals surface area contributed by atoms with Gasteiger partial charge in [0.15, 0.2) is 0 Å². The third-order valence-electron chi connectivity index (χ3n) is 4.24. The van der Waals surface area contributed by atoms with Crippen molar-refractivity contribution >= 4 is 5.97 Å². The van der Waals surface area contributed by atoms with Crippen LogP contribution in [0.3, 0.4) is 0 Å². The Morgan fingerprint density at radius 3 is 2.88 bits per heavy atom. The van der Waals surface area contributed by atoms with Crippen molar-refractivity contribution in [2.45, 2.75) is 31.3 Å². The maximum atomic E-state index is 14.2. The molecule has 1 aliphatic carbocycles. The smallest absolute Gasteiger partial charge is 0.325 e. The lowest BCUT2D eigenvalue weighted by Gasteiger charge is -2.25. The van der Waals surface area contributed by atoms with Crippen molar-refractivity contribution in [1.82, 2.24) is 15.1 Å². The molecule has 1 aromatic heterocycles.